The first-order chi connectivity index (χ1) is 12.8. The fourth-order valence-electron chi connectivity index (χ4n) is 4.33. The van der Waals surface area contributed by atoms with Crippen molar-refractivity contribution in [2.75, 3.05) is 7.11 Å². The lowest BCUT2D eigenvalue weighted by Gasteiger charge is -2.30. The van der Waals surface area contributed by atoms with Crippen LogP contribution in [-0.4, -0.2) is 30.1 Å². The van der Waals surface area contributed by atoms with Gasteiger partial charge in [0.25, 0.3) is 0 Å². The first-order valence-corrected chi connectivity index (χ1v) is 10.8. The molecule has 1 fully saturated rings. The molecule has 1 aliphatic rings. The second-order valence-corrected chi connectivity index (χ2v) is 8.74. The van der Waals surface area contributed by atoms with E-state index in [1.54, 1.807) is 0 Å². The number of hydrogen-bond acceptors (Lipinski definition) is 3. The first kappa shape index (κ1) is 23.9. The van der Waals surface area contributed by atoms with E-state index < -0.39 is 17.5 Å². The van der Waals surface area contributed by atoms with Crippen LogP contribution in [0.25, 0.3) is 0 Å². The van der Waals surface area contributed by atoms with Gasteiger partial charge in [-0.25, -0.2) is 4.79 Å². The van der Waals surface area contributed by atoms with Gasteiger partial charge in [0.05, 0.1) is 0 Å². The van der Waals surface area contributed by atoms with E-state index in [2.05, 4.69) is 19.1 Å². The number of Topliss-reactive ketones (excluding diaryl/α,β-unsaturated/α-hetero) is 1. The SMILES string of the molecule is CCCCCCC=C[C@H]1CCC(=O)[C@@H]1CCCCC(C)(C)C(OC)C(=O)O. The van der Waals surface area contributed by atoms with E-state index in [0.29, 0.717) is 18.1 Å². The lowest BCUT2D eigenvalue weighted by Crippen LogP contribution is -2.38. The third-order valence-corrected chi connectivity index (χ3v) is 6.02. The van der Waals surface area contributed by atoms with Gasteiger partial charge in [0.1, 0.15) is 5.78 Å². The molecule has 27 heavy (non-hydrogen) atoms. The van der Waals surface area contributed by atoms with E-state index in [-0.39, 0.29) is 5.92 Å². The molecule has 0 spiro atoms. The number of carboxylic acid groups (broad SMARTS) is 1. The molecule has 0 radical (unpaired) electrons. The van der Waals surface area contributed by atoms with E-state index in [9.17, 15) is 14.7 Å². The highest BCUT2D eigenvalue weighted by atomic mass is 16.5. The monoisotopic (exact) mass is 380 g/mol. The van der Waals surface area contributed by atoms with E-state index in [4.69, 9.17) is 4.74 Å². The second-order valence-electron chi connectivity index (χ2n) is 8.74. The average Bonchev–Trinajstić information content (AvgIpc) is 2.95. The molecule has 1 aliphatic carbocycles. The number of allylic oxidation sites excluding steroid dienone is 2. The van der Waals surface area contributed by atoms with Gasteiger partial charge in [0.15, 0.2) is 6.10 Å². The molecule has 1 saturated carbocycles. The highest BCUT2D eigenvalue weighted by molar-refractivity contribution is 5.83. The van der Waals surface area contributed by atoms with Gasteiger partial charge in [-0.15, -0.1) is 0 Å². The molecular weight excluding hydrogens is 340 g/mol. The average molecular weight is 381 g/mol. The van der Waals surface area contributed by atoms with Crippen LogP contribution >= 0.6 is 0 Å². The van der Waals surface area contributed by atoms with Crippen LogP contribution in [0.3, 0.4) is 0 Å². The van der Waals surface area contributed by atoms with Crippen molar-refractivity contribution < 1.29 is 19.4 Å². The number of aliphatic carboxylic acids is 1. The Balaban J connectivity index is 2.39. The van der Waals surface area contributed by atoms with Crippen LogP contribution in [0, 0.1) is 17.3 Å². The Labute approximate surface area is 165 Å². The number of ketones is 1. The van der Waals surface area contributed by atoms with Gasteiger partial charge in [-0.05, 0) is 38.0 Å². The minimum Gasteiger partial charge on any atom is -0.479 e. The predicted molar refractivity (Wildman–Crippen MR) is 110 cm³/mol. The molecule has 0 aromatic heterocycles. The van der Waals surface area contributed by atoms with Crippen molar-refractivity contribution in [1.29, 1.82) is 0 Å². The second kappa shape index (κ2) is 12.3. The van der Waals surface area contributed by atoms with Crippen LogP contribution in [0.1, 0.15) is 91.4 Å². The minimum atomic E-state index is -0.905. The highest BCUT2D eigenvalue weighted by Crippen LogP contribution is 2.35. The molecule has 0 aliphatic heterocycles. The number of ether oxygens (including phenoxy) is 1. The van der Waals surface area contributed by atoms with Crippen LogP contribution in [0.15, 0.2) is 12.2 Å². The number of unbranched alkanes of at least 4 members (excludes halogenated alkanes) is 5. The maximum Gasteiger partial charge on any atom is 0.333 e. The van der Waals surface area contributed by atoms with Gasteiger partial charge >= 0.3 is 5.97 Å². The zero-order valence-electron chi connectivity index (χ0n) is 17.8. The number of carbonyl (C=O) groups is 2. The quantitative estimate of drug-likeness (QED) is 0.306. The van der Waals surface area contributed by atoms with Gasteiger partial charge in [0, 0.05) is 24.9 Å². The zero-order valence-corrected chi connectivity index (χ0v) is 17.8. The standard InChI is InChI=1S/C23H40O4/c1-5-6-7-8-9-10-13-18-15-16-20(24)19(18)14-11-12-17-23(2,3)21(27-4)22(25)26/h10,13,18-19,21H,5-9,11-12,14-17H2,1-4H3,(H,25,26)/t18-,19+,21?/m0/s1. The fourth-order valence-corrected chi connectivity index (χ4v) is 4.33. The van der Waals surface area contributed by atoms with Crippen molar-refractivity contribution >= 4 is 11.8 Å². The summed E-state index contributed by atoms with van der Waals surface area (Å²) in [7, 11) is 1.46. The lowest BCUT2D eigenvalue weighted by molar-refractivity contribution is -0.156. The summed E-state index contributed by atoms with van der Waals surface area (Å²) in [5.74, 6) is 0.0768. The molecule has 0 saturated heterocycles. The minimum absolute atomic E-state index is 0.165. The molecule has 1 unspecified atom stereocenters. The molecule has 0 heterocycles. The Kier molecular flexibility index (Phi) is 10.9. The van der Waals surface area contributed by atoms with Gasteiger partial charge in [0.2, 0.25) is 0 Å². The van der Waals surface area contributed by atoms with E-state index in [1.807, 2.05) is 13.8 Å². The maximum absolute atomic E-state index is 12.3. The molecule has 156 valence electrons. The summed E-state index contributed by atoms with van der Waals surface area (Å²) in [6.07, 6.45) is 15.3. The van der Waals surface area contributed by atoms with Crippen molar-refractivity contribution in [3.8, 4) is 0 Å². The van der Waals surface area contributed by atoms with Crippen LogP contribution < -0.4 is 0 Å². The number of hydrogen-bond donors (Lipinski definition) is 1. The predicted octanol–water partition coefficient (Wildman–Crippen LogP) is 5.79. The normalized spacial score (nSPS) is 21.9. The molecule has 1 rings (SSSR count). The van der Waals surface area contributed by atoms with Gasteiger partial charge in [-0.3, -0.25) is 4.79 Å². The van der Waals surface area contributed by atoms with Crippen molar-refractivity contribution in [2.45, 2.75) is 97.5 Å². The molecule has 0 amide bonds. The largest absolute Gasteiger partial charge is 0.479 e. The van der Waals surface area contributed by atoms with Crippen molar-refractivity contribution in [3.63, 3.8) is 0 Å². The third-order valence-electron chi connectivity index (χ3n) is 6.02. The van der Waals surface area contributed by atoms with Crippen molar-refractivity contribution in [2.24, 2.45) is 17.3 Å². The Hall–Kier alpha value is -1.16. The Morgan fingerprint density at radius 2 is 2.00 bits per heavy atom. The molecule has 0 aromatic rings. The Bertz CT molecular complexity index is 481. The first-order valence-electron chi connectivity index (χ1n) is 10.8. The van der Waals surface area contributed by atoms with Crippen LogP contribution in [-0.2, 0) is 14.3 Å². The Morgan fingerprint density at radius 3 is 2.63 bits per heavy atom. The van der Waals surface area contributed by atoms with Gasteiger partial charge in [-0.1, -0.05) is 65.0 Å². The third kappa shape index (κ3) is 8.16. The summed E-state index contributed by atoms with van der Waals surface area (Å²) >= 11 is 0. The van der Waals surface area contributed by atoms with Crippen molar-refractivity contribution in [1.82, 2.24) is 0 Å². The summed E-state index contributed by atoms with van der Waals surface area (Å²) < 4.78 is 5.16. The molecule has 4 heteroatoms. The Morgan fingerprint density at radius 1 is 1.26 bits per heavy atom. The topological polar surface area (TPSA) is 63.6 Å². The van der Waals surface area contributed by atoms with Crippen molar-refractivity contribution in [3.05, 3.63) is 12.2 Å². The number of carbonyl (C=O) groups excluding carboxylic acids is 1. The smallest absolute Gasteiger partial charge is 0.333 e. The zero-order chi connectivity index (χ0) is 20.3. The lowest BCUT2D eigenvalue weighted by atomic mass is 9.80. The number of rotatable bonds is 14. The maximum atomic E-state index is 12.3. The molecule has 1 N–H and O–H groups in total. The molecule has 3 atom stereocenters. The van der Waals surface area contributed by atoms with Crippen LogP contribution in [0.5, 0.6) is 0 Å². The molecule has 0 bridgehead atoms. The van der Waals surface area contributed by atoms with Gasteiger partial charge in [-0.2, -0.15) is 0 Å². The molecular formula is C23H40O4. The number of carboxylic acids is 1. The van der Waals surface area contributed by atoms with Crippen LogP contribution in [0.4, 0.5) is 0 Å². The molecule has 4 nitrogen and oxygen atoms in total. The summed E-state index contributed by atoms with van der Waals surface area (Å²) in [5.41, 5.74) is -0.405. The molecule has 0 aromatic carbocycles. The summed E-state index contributed by atoms with van der Waals surface area (Å²) in [4.78, 5) is 23.6. The van der Waals surface area contributed by atoms with E-state index >= 15 is 0 Å². The fraction of sp³-hybridized carbons (Fsp3) is 0.826. The van der Waals surface area contributed by atoms with Gasteiger partial charge < -0.3 is 9.84 Å². The summed E-state index contributed by atoms with van der Waals surface area (Å²) in [6.45, 7) is 6.11. The van der Waals surface area contributed by atoms with Crippen LogP contribution in [0.2, 0.25) is 0 Å². The van der Waals surface area contributed by atoms with E-state index in [1.165, 1.54) is 32.8 Å². The van der Waals surface area contributed by atoms with E-state index in [0.717, 1.165) is 38.5 Å². The number of methoxy groups -OCH3 is 1. The summed E-state index contributed by atoms with van der Waals surface area (Å²) in [5, 5.41) is 9.28. The highest BCUT2D eigenvalue weighted by Gasteiger charge is 2.36. The summed E-state index contributed by atoms with van der Waals surface area (Å²) in [6, 6.07) is 0.